The summed E-state index contributed by atoms with van der Waals surface area (Å²) in [4.78, 5) is 18.1. The molecule has 1 aliphatic carbocycles. The zero-order valence-corrected chi connectivity index (χ0v) is 13.9. The molecule has 0 aromatic carbocycles. The van der Waals surface area contributed by atoms with Gasteiger partial charge in [-0.15, -0.1) is 0 Å². The minimum Gasteiger partial charge on any atom is -0.444 e. The third-order valence-corrected chi connectivity index (χ3v) is 4.75. The highest BCUT2D eigenvalue weighted by Gasteiger charge is 2.63. The van der Waals surface area contributed by atoms with Crippen molar-refractivity contribution in [3.8, 4) is 0 Å². The van der Waals surface area contributed by atoms with E-state index >= 15 is 0 Å². The molecule has 0 spiro atoms. The number of halogens is 1. The maximum absolute atomic E-state index is 13.4. The van der Waals surface area contributed by atoms with E-state index < -0.39 is 29.7 Å². The van der Waals surface area contributed by atoms with Crippen LogP contribution in [0.1, 0.15) is 52.2 Å². The van der Waals surface area contributed by atoms with Crippen molar-refractivity contribution >= 4 is 6.09 Å². The second-order valence-electron chi connectivity index (χ2n) is 7.89. The van der Waals surface area contributed by atoms with Crippen LogP contribution in [-0.2, 0) is 4.74 Å². The lowest BCUT2D eigenvalue weighted by Crippen LogP contribution is -2.49. The van der Waals surface area contributed by atoms with E-state index in [0.29, 0.717) is 5.56 Å². The topological polar surface area (TPSA) is 62.7 Å². The summed E-state index contributed by atoms with van der Waals surface area (Å²) in [5, 5.41) is 10.7. The summed E-state index contributed by atoms with van der Waals surface area (Å²) in [6, 6.07) is 0.863. The number of aliphatic hydroxyl groups excluding tert-OH is 1. The first-order chi connectivity index (χ1) is 10.6. The molecule has 0 unspecified atom stereocenters. The van der Waals surface area contributed by atoms with Gasteiger partial charge >= 0.3 is 6.09 Å². The van der Waals surface area contributed by atoms with E-state index in [0.717, 1.165) is 19.0 Å². The maximum atomic E-state index is 13.4. The molecule has 5 nitrogen and oxygen atoms in total. The highest BCUT2D eigenvalue weighted by molar-refractivity contribution is 5.71. The van der Waals surface area contributed by atoms with Crippen molar-refractivity contribution in [2.75, 3.05) is 0 Å². The summed E-state index contributed by atoms with van der Waals surface area (Å²) in [6.45, 7) is 7.45. The second kappa shape index (κ2) is 5.16. The van der Waals surface area contributed by atoms with Crippen LogP contribution in [0.5, 0.6) is 0 Å². The molecule has 1 amide bonds. The van der Waals surface area contributed by atoms with Crippen LogP contribution >= 0.6 is 0 Å². The number of aromatic nitrogens is 1. The molecule has 3 heterocycles. The van der Waals surface area contributed by atoms with Crippen LogP contribution in [0, 0.1) is 11.7 Å². The maximum Gasteiger partial charge on any atom is 0.411 e. The number of nitrogens with zero attached hydrogens (tertiary/aromatic N) is 2. The third kappa shape index (κ3) is 2.80. The van der Waals surface area contributed by atoms with Crippen molar-refractivity contribution < 1.29 is 19.0 Å². The average Bonchev–Trinajstić information content (AvgIpc) is 2.84. The van der Waals surface area contributed by atoms with Gasteiger partial charge in [-0.05, 0) is 52.5 Å². The summed E-state index contributed by atoms with van der Waals surface area (Å²) in [5.41, 5.74) is -0.505. The van der Waals surface area contributed by atoms with E-state index in [9.17, 15) is 14.3 Å². The lowest BCUT2D eigenvalue weighted by Gasteiger charge is -2.39. The fourth-order valence-corrected chi connectivity index (χ4v) is 3.92. The Labute approximate surface area is 135 Å². The van der Waals surface area contributed by atoms with Gasteiger partial charge in [0, 0.05) is 17.3 Å². The molecule has 23 heavy (non-hydrogen) atoms. The average molecular weight is 322 g/mol. The zero-order chi connectivity index (χ0) is 17.0. The molecule has 3 fully saturated rings. The van der Waals surface area contributed by atoms with Gasteiger partial charge in [0.25, 0.3) is 0 Å². The second-order valence-corrected chi connectivity index (χ2v) is 7.89. The van der Waals surface area contributed by atoms with E-state index in [1.54, 1.807) is 4.90 Å². The molecule has 4 rings (SSSR count). The predicted octanol–water partition coefficient (Wildman–Crippen LogP) is 3.04. The quantitative estimate of drug-likeness (QED) is 0.909. The number of fused-ring (bicyclic) bond motifs is 1. The summed E-state index contributed by atoms with van der Waals surface area (Å²) in [5.74, 6) is -0.298. The van der Waals surface area contributed by atoms with Crippen molar-refractivity contribution in [2.24, 2.45) is 5.92 Å². The van der Waals surface area contributed by atoms with Crippen LogP contribution in [-0.4, -0.2) is 38.3 Å². The number of hydrogen-bond donors (Lipinski definition) is 1. The van der Waals surface area contributed by atoms with Gasteiger partial charge in [0.15, 0.2) is 0 Å². The number of aliphatic hydroxyl groups is 1. The van der Waals surface area contributed by atoms with Crippen molar-refractivity contribution in [2.45, 2.75) is 63.8 Å². The minimum absolute atomic E-state index is 0.200. The molecule has 1 N–H and O–H groups in total. The first-order valence-electron chi connectivity index (χ1n) is 7.92. The molecular formula is C17H23FN2O3. The fourth-order valence-electron chi connectivity index (χ4n) is 3.92. The highest BCUT2D eigenvalue weighted by Crippen LogP contribution is 2.57. The normalized spacial score (nSPS) is 30.8. The van der Waals surface area contributed by atoms with Crippen LogP contribution in [0.3, 0.4) is 0 Å². The molecule has 1 saturated carbocycles. The third-order valence-electron chi connectivity index (χ3n) is 4.75. The lowest BCUT2D eigenvalue weighted by atomic mass is 9.72. The van der Waals surface area contributed by atoms with E-state index in [-0.39, 0.29) is 11.5 Å². The monoisotopic (exact) mass is 322 g/mol. The fraction of sp³-hybridized carbons (Fsp3) is 0.647. The van der Waals surface area contributed by atoms with Gasteiger partial charge in [0.1, 0.15) is 17.5 Å². The van der Waals surface area contributed by atoms with E-state index in [2.05, 4.69) is 4.98 Å². The molecule has 3 aliphatic rings. The van der Waals surface area contributed by atoms with Crippen LogP contribution in [0.2, 0.25) is 0 Å². The molecule has 6 heteroatoms. The summed E-state index contributed by atoms with van der Waals surface area (Å²) in [7, 11) is 0. The van der Waals surface area contributed by atoms with Gasteiger partial charge in [0.05, 0.1) is 12.2 Å². The molecule has 0 radical (unpaired) electrons. The number of ether oxygens (including phenoxy) is 1. The van der Waals surface area contributed by atoms with E-state index in [1.807, 2.05) is 27.7 Å². The molecule has 126 valence electrons. The van der Waals surface area contributed by atoms with Gasteiger partial charge in [-0.1, -0.05) is 0 Å². The van der Waals surface area contributed by atoms with Crippen LogP contribution in [0.15, 0.2) is 18.5 Å². The van der Waals surface area contributed by atoms with E-state index in [1.165, 1.54) is 12.3 Å². The van der Waals surface area contributed by atoms with Crippen LogP contribution in [0.4, 0.5) is 9.18 Å². The number of pyridine rings is 1. The Bertz CT molecular complexity index is 623. The van der Waals surface area contributed by atoms with E-state index in [4.69, 9.17) is 4.74 Å². The molecule has 2 bridgehead atoms. The summed E-state index contributed by atoms with van der Waals surface area (Å²) < 4.78 is 18.9. The van der Waals surface area contributed by atoms with Gasteiger partial charge in [-0.2, -0.15) is 0 Å². The number of amides is 1. The standard InChI is InChI=1S/C17H23FN2O3/c1-16(2,3)23-15(22)20-13(11-6-17(20,4)7-11)14(21)10-5-12(18)9-19-8-10/h5,8-9,11,13-14,21H,6-7H2,1-4H3/t11?,13-,14+,17?/m1/s1. The van der Waals surface area contributed by atoms with Crippen LogP contribution < -0.4 is 0 Å². The number of rotatable bonds is 2. The lowest BCUT2D eigenvalue weighted by molar-refractivity contribution is -0.00907. The number of carbonyl (C=O) groups is 1. The first kappa shape index (κ1) is 16.2. The molecule has 2 aliphatic heterocycles. The molecule has 1 aromatic rings. The van der Waals surface area contributed by atoms with Gasteiger partial charge in [-0.3, -0.25) is 9.88 Å². The van der Waals surface area contributed by atoms with Crippen molar-refractivity contribution in [3.05, 3.63) is 29.8 Å². The zero-order valence-electron chi connectivity index (χ0n) is 13.9. The minimum atomic E-state index is -0.972. The first-order valence-corrected chi connectivity index (χ1v) is 7.92. The summed E-state index contributed by atoms with van der Waals surface area (Å²) in [6.07, 6.45) is 2.80. The van der Waals surface area contributed by atoms with Crippen LogP contribution in [0.25, 0.3) is 0 Å². The molecule has 2 saturated heterocycles. The predicted molar refractivity (Wildman–Crippen MR) is 82.1 cm³/mol. The highest BCUT2D eigenvalue weighted by atomic mass is 19.1. The Morgan fingerprint density at radius 1 is 1.48 bits per heavy atom. The Kier molecular flexibility index (Phi) is 3.63. The van der Waals surface area contributed by atoms with Crippen molar-refractivity contribution in [3.63, 3.8) is 0 Å². The summed E-state index contributed by atoms with van der Waals surface area (Å²) >= 11 is 0. The SMILES string of the molecule is CC(C)(C)OC(=O)N1[C@@H]([C@@H](O)c2cncc(F)c2)C2CC1(C)C2. The van der Waals surface area contributed by atoms with Crippen molar-refractivity contribution in [1.29, 1.82) is 0 Å². The van der Waals surface area contributed by atoms with Crippen molar-refractivity contribution in [1.82, 2.24) is 9.88 Å². The Morgan fingerprint density at radius 2 is 2.13 bits per heavy atom. The largest absolute Gasteiger partial charge is 0.444 e. The Morgan fingerprint density at radius 3 is 2.70 bits per heavy atom. The van der Waals surface area contributed by atoms with Gasteiger partial charge < -0.3 is 9.84 Å². The molecule has 2 atom stereocenters. The number of carbonyl (C=O) groups excluding carboxylic acids is 1. The number of hydrogen-bond acceptors (Lipinski definition) is 4. The Balaban J connectivity index is 1.87. The smallest absolute Gasteiger partial charge is 0.411 e. The van der Waals surface area contributed by atoms with Gasteiger partial charge in [-0.25, -0.2) is 9.18 Å². The molecule has 1 aromatic heterocycles. The van der Waals surface area contributed by atoms with Gasteiger partial charge in [0.2, 0.25) is 0 Å². The molecular weight excluding hydrogens is 299 g/mol. The Hall–Kier alpha value is -1.69.